The van der Waals surface area contributed by atoms with E-state index in [-0.39, 0.29) is 42.0 Å². The van der Waals surface area contributed by atoms with Gasteiger partial charge in [-0.2, -0.15) is 5.26 Å². The van der Waals surface area contributed by atoms with E-state index in [9.17, 15) is 24.4 Å². The summed E-state index contributed by atoms with van der Waals surface area (Å²) in [6, 6.07) is 10.5. The third-order valence-electron chi connectivity index (χ3n) is 7.44. The molecule has 1 aliphatic carbocycles. The molecule has 11 nitrogen and oxygen atoms in total. The minimum atomic E-state index is -1.67. The van der Waals surface area contributed by atoms with E-state index < -0.39 is 23.1 Å². The van der Waals surface area contributed by atoms with E-state index in [2.05, 4.69) is 5.32 Å². The highest BCUT2D eigenvalue weighted by atomic mass is 35.5. The van der Waals surface area contributed by atoms with Crippen LogP contribution in [0.3, 0.4) is 0 Å². The summed E-state index contributed by atoms with van der Waals surface area (Å²) in [4.78, 5) is 53.9. The molecule has 2 heterocycles. The van der Waals surface area contributed by atoms with E-state index in [1.54, 1.807) is 22.8 Å². The summed E-state index contributed by atoms with van der Waals surface area (Å²) in [5.74, 6) is -0.483. The highest BCUT2D eigenvalue weighted by Crippen LogP contribution is 2.33. The first-order valence-electron chi connectivity index (χ1n) is 13.0. The van der Waals surface area contributed by atoms with Gasteiger partial charge in [0.15, 0.2) is 5.60 Å². The molecular weight excluding hydrogens is 536 g/mol. The molecule has 12 heteroatoms. The van der Waals surface area contributed by atoms with Crippen LogP contribution in [-0.2, 0) is 21.7 Å². The van der Waals surface area contributed by atoms with Crippen LogP contribution in [0.2, 0.25) is 5.02 Å². The average molecular weight is 565 g/mol. The molecule has 3 N–H and O–H groups in total. The van der Waals surface area contributed by atoms with Gasteiger partial charge in [-0.25, -0.2) is 9.59 Å². The number of hydrogen-bond donors (Lipinski definition) is 2. The lowest BCUT2D eigenvalue weighted by atomic mass is 9.90. The summed E-state index contributed by atoms with van der Waals surface area (Å²) >= 11 is 6.19. The number of halogens is 1. The molecule has 1 aromatic heterocycles. The number of rotatable bonds is 6. The molecule has 1 unspecified atom stereocenters. The monoisotopic (exact) mass is 564 g/mol. The van der Waals surface area contributed by atoms with E-state index in [0.717, 1.165) is 12.8 Å². The summed E-state index contributed by atoms with van der Waals surface area (Å²) < 4.78 is 8.71. The standard InChI is InChI=1S/C28H29ClN6O5/c1-16(2)35-23-8-7-20(12-21(23)24(36)34(27(35)39)14-17-3-4-17)32-26(38)33-9-10-40-28(15-33,25(31)37)19-6-5-18(13-30)22(29)11-19/h5-8,11-12,16-17H,3-4,9-10,14-15H2,1-2H3,(H2,31,37)(H,32,38). The third kappa shape index (κ3) is 4.85. The molecule has 208 valence electrons. The second-order valence-electron chi connectivity index (χ2n) is 10.5. The Morgan fingerprint density at radius 1 is 1.23 bits per heavy atom. The fraction of sp³-hybridized carbons (Fsp3) is 0.393. The van der Waals surface area contributed by atoms with Crippen molar-refractivity contribution in [3.05, 3.63) is 73.4 Å². The van der Waals surface area contributed by atoms with Crippen molar-refractivity contribution < 1.29 is 14.3 Å². The van der Waals surface area contributed by atoms with Gasteiger partial charge in [-0.05, 0) is 68.5 Å². The molecule has 2 aromatic carbocycles. The number of benzene rings is 2. The summed E-state index contributed by atoms with van der Waals surface area (Å²) in [7, 11) is 0. The first-order chi connectivity index (χ1) is 19.1. The van der Waals surface area contributed by atoms with E-state index in [4.69, 9.17) is 22.1 Å². The number of morpholine rings is 1. The van der Waals surface area contributed by atoms with Crippen LogP contribution in [0.4, 0.5) is 10.5 Å². The van der Waals surface area contributed by atoms with Gasteiger partial charge in [-0.15, -0.1) is 0 Å². The Hall–Kier alpha value is -4.14. The zero-order valence-electron chi connectivity index (χ0n) is 22.1. The molecule has 1 atom stereocenters. The van der Waals surface area contributed by atoms with Crippen molar-refractivity contribution in [3.63, 3.8) is 0 Å². The molecule has 5 rings (SSSR count). The van der Waals surface area contributed by atoms with Gasteiger partial charge in [0.25, 0.3) is 11.5 Å². The molecule has 0 spiro atoms. The highest BCUT2D eigenvalue weighted by molar-refractivity contribution is 6.31. The van der Waals surface area contributed by atoms with Crippen molar-refractivity contribution in [2.75, 3.05) is 25.0 Å². The Morgan fingerprint density at radius 3 is 2.60 bits per heavy atom. The molecule has 2 aliphatic rings. The maximum Gasteiger partial charge on any atom is 0.331 e. The normalized spacial score (nSPS) is 19.0. The fourth-order valence-electron chi connectivity index (χ4n) is 5.10. The van der Waals surface area contributed by atoms with Crippen LogP contribution in [0, 0.1) is 17.2 Å². The number of nitrogens with two attached hydrogens (primary N) is 1. The molecule has 3 amide bonds. The number of nitrogens with zero attached hydrogens (tertiary/aromatic N) is 4. The maximum absolute atomic E-state index is 13.3. The van der Waals surface area contributed by atoms with Crippen LogP contribution in [-0.4, -0.2) is 45.7 Å². The molecule has 3 aromatic rings. The van der Waals surface area contributed by atoms with Gasteiger partial charge < -0.3 is 20.7 Å². The Kier molecular flexibility index (Phi) is 7.16. The third-order valence-corrected chi connectivity index (χ3v) is 7.75. The van der Waals surface area contributed by atoms with E-state index in [1.807, 2.05) is 19.9 Å². The predicted molar refractivity (Wildman–Crippen MR) is 149 cm³/mol. The molecule has 0 radical (unpaired) electrons. The number of carbonyl (C=O) groups is 2. The molecule has 2 fully saturated rings. The molecule has 1 saturated carbocycles. The van der Waals surface area contributed by atoms with Crippen LogP contribution in [0.25, 0.3) is 10.9 Å². The molecule has 1 aliphatic heterocycles. The quantitative estimate of drug-likeness (QED) is 0.469. The van der Waals surface area contributed by atoms with Crippen LogP contribution in [0.1, 0.15) is 43.9 Å². The Balaban J connectivity index is 1.46. The van der Waals surface area contributed by atoms with Crippen molar-refractivity contribution in [2.45, 2.75) is 44.9 Å². The van der Waals surface area contributed by atoms with Gasteiger partial charge >= 0.3 is 11.7 Å². The molecule has 0 bridgehead atoms. The summed E-state index contributed by atoms with van der Waals surface area (Å²) in [5, 5.41) is 12.4. The minimum absolute atomic E-state index is 0.0260. The van der Waals surface area contributed by atoms with Gasteiger partial charge in [0.2, 0.25) is 0 Å². The van der Waals surface area contributed by atoms with Crippen molar-refractivity contribution in [3.8, 4) is 6.07 Å². The van der Waals surface area contributed by atoms with Gasteiger partial charge in [0.05, 0.1) is 34.6 Å². The summed E-state index contributed by atoms with van der Waals surface area (Å²) in [6.45, 7) is 4.15. The zero-order valence-corrected chi connectivity index (χ0v) is 22.9. The molecular formula is C28H29ClN6O5. The second-order valence-corrected chi connectivity index (χ2v) is 10.9. The number of carbonyl (C=O) groups excluding carboxylic acids is 2. The highest BCUT2D eigenvalue weighted by Gasteiger charge is 2.45. The van der Waals surface area contributed by atoms with E-state index in [0.29, 0.717) is 34.6 Å². The lowest BCUT2D eigenvalue weighted by Gasteiger charge is -2.40. The molecule has 40 heavy (non-hydrogen) atoms. The molecule has 1 saturated heterocycles. The maximum atomic E-state index is 13.3. The lowest BCUT2D eigenvalue weighted by Crippen LogP contribution is -2.58. The summed E-state index contributed by atoms with van der Waals surface area (Å²) in [5.41, 5.74) is 4.77. The number of aromatic nitrogens is 2. The number of nitriles is 1. The predicted octanol–water partition coefficient (Wildman–Crippen LogP) is 2.92. The Bertz CT molecular complexity index is 1690. The average Bonchev–Trinajstić information content (AvgIpc) is 3.75. The van der Waals surface area contributed by atoms with Crippen LogP contribution < -0.4 is 22.3 Å². The van der Waals surface area contributed by atoms with Crippen molar-refractivity contribution >= 4 is 40.1 Å². The van der Waals surface area contributed by atoms with Crippen molar-refractivity contribution in [1.29, 1.82) is 5.26 Å². The SMILES string of the molecule is CC(C)n1c(=O)n(CC2CC2)c(=O)c2cc(NC(=O)N3CCOC(C(N)=O)(c4ccc(C#N)c(Cl)c4)C3)ccc21. The van der Waals surface area contributed by atoms with E-state index in [1.165, 1.54) is 27.7 Å². The van der Waals surface area contributed by atoms with Gasteiger partial charge in [-0.1, -0.05) is 17.7 Å². The second kappa shape index (κ2) is 10.4. The first kappa shape index (κ1) is 27.4. The fourth-order valence-corrected chi connectivity index (χ4v) is 5.32. The van der Waals surface area contributed by atoms with Crippen LogP contribution in [0.15, 0.2) is 46.0 Å². The van der Waals surface area contributed by atoms with Crippen LogP contribution in [0.5, 0.6) is 0 Å². The zero-order chi connectivity index (χ0) is 28.8. The lowest BCUT2D eigenvalue weighted by molar-refractivity contribution is -0.155. The smallest absolute Gasteiger partial charge is 0.331 e. The number of hydrogen-bond acceptors (Lipinski definition) is 6. The summed E-state index contributed by atoms with van der Waals surface area (Å²) in [6.07, 6.45) is 1.98. The van der Waals surface area contributed by atoms with Gasteiger partial charge in [0.1, 0.15) is 6.07 Å². The number of nitrogens with one attached hydrogen (secondary N) is 1. The topological polar surface area (TPSA) is 152 Å². The Morgan fingerprint density at radius 2 is 1.98 bits per heavy atom. The van der Waals surface area contributed by atoms with Gasteiger partial charge in [0, 0.05) is 24.8 Å². The largest absolute Gasteiger partial charge is 0.367 e. The minimum Gasteiger partial charge on any atom is -0.367 e. The van der Waals surface area contributed by atoms with Gasteiger partial charge in [-0.3, -0.25) is 18.7 Å². The number of amides is 3. The number of fused-ring (bicyclic) bond motifs is 1. The number of anilines is 1. The van der Waals surface area contributed by atoms with Crippen molar-refractivity contribution in [2.24, 2.45) is 11.7 Å². The Labute approximate surface area is 234 Å². The van der Waals surface area contributed by atoms with Crippen LogP contribution >= 0.6 is 11.6 Å². The van der Waals surface area contributed by atoms with Crippen molar-refractivity contribution in [1.82, 2.24) is 14.0 Å². The van der Waals surface area contributed by atoms with E-state index >= 15 is 0 Å². The number of ether oxygens (including phenoxy) is 1. The number of urea groups is 1. The number of primary amides is 1. The first-order valence-corrected chi connectivity index (χ1v) is 13.4.